The van der Waals surface area contributed by atoms with E-state index in [9.17, 15) is 0 Å². The highest BCUT2D eigenvalue weighted by Gasteiger charge is 2.06. The molecule has 0 atom stereocenters. The van der Waals surface area contributed by atoms with E-state index < -0.39 is 0 Å². The fraction of sp³-hybridized carbons (Fsp3) is 0.167. The molecular formula is C6H7N3S. The summed E-state index contributed by atoms with van der Waals surface area (Å²) in [7, 11) is 0. The van der Waals surface area contributed by atoms with E-state index in [0.29, 0.717) is 0 Å². The molecule has 52 valence electrons. The van der Waals surface area contributed by atoms with E-state index in [0.717, 1.165) is 11.8 Å². The van der Waals surface area contributed by atoms with Crippen molar-refractivity contribution >= 4 is 16.5 Å². The van der Waals surface area contributed by atoms with Crippen LogP contribution in [0.15, 0.2) is 24.0 Å². The Balaban J connectivity index is 2.20. The van der Waals surface area contributed by atoms with Gasteiger partial charge in [0.05, 0.1) is 6.67 Å². The number of rotatable bonds is 1. The molecule has 2 rings (SSSR count). The monoisotopic (exact) mass is 153 g/mol. The number of thiazole rings is 1. The van der Waals surface area contributed by atoms with Crippen molar-refractivity contribution in [2.24, 2.45) is 0 Å². The maximum atomic E-state index is 4.15. The zero-order valence-electron chi connectivity index (χ0n) is 5.32. The van der Waals surface area contributed by atoms with Crippen LogP contribution in [0.5, 0.6) is 0 Å². The predicted octanol–water partition coefficient (Wildman–Crippen LogP) is 0.981. The third-order valence-corrected chi connectivity index (χ3v) is 2.11. The molecule has 3 nitrogen and oxygen atoms in total. The fourth-order valence-corrected chi connectivity index (χ4v) is 1.46. The second-order valence-electron chi connectivity index (χ2n) is 1.96. The van der Waals surface area contributed by atoms with Gasteiger partial charge in [-0.05, 0) is 0 Å². The van der Waals surface area contributed by atoms with E-state index >= 15 is 0 Å². The van der Waals surface area contributed by atoms with Gasteiger partial charge in [-0.1, -0.05) is 0 Å². The SMILES string of the molecule is C1=CN(c2nccs2)CN1. The van der Waals surface area contributed by atoms with E-state index in [1.54, 1.807) is 11.3 Å². The summed E-state index contributed by atoms with van der Waals surface area (Å²) in [5, 5.41) is 6.09. The molecule has 0 saturated carbocycles. The molecule has 0 aliphatic carbocycles. The van der Waals surface area contributed by atoms with Crippen molar-refractivity contribution in [2.45, 2.75) is 0 Å². The van der Waals surface area contributed by atoms with Gasteiger partial charge in [-0.15, -0.1) is 11.3 Å². The van der Waals surface area contributed by atoms with Crippen LogP contribution in [0, 0.1) is 0 Å². The van der Waals surface area contributed by atoms with Gasteiger partial charge in [0.2, 0.25) is 0 Å². The average Bonchev–Trinajstić information content (AvgIpc) is 2.59. The Labute approximate surface area is 63.0 Å². The van der Waals surface area contributed by atoms with Crippen molar-refractivity contribution in [3.63, 3.8) is 0 Å². The van der Waals surface area contributed by atoms with Crippen LogP contribution in [-0.2, 0) is 0 Å². The van der Waals surface area contributed by atoms with E-state index in [-0.39, 0.29) is 0 Å². The third-order valence-electron chi connectivity index (χ3n) is 1.30. The number of aromatic nitrogens is 1. The predicted molar refractivity (Wildman–Crippen MR) is 41.7 cm³/mol. The molecule has 0 bridgehead atoms. The average molecular weight is 153 g/mol. The summed E-state index contributed by atoms with van der Waals surface area (Å²) in [6, 6.07) is 0. The number of hydrogen-bond donors (Lipinski definition) is 1. The summed E-state index contributed by atoms with van der Waals surface area (Å²) in [6.07, 6.45) is 5.71. The Morgan fingerprint density at radius 1 is 1.70 bits per heavy atom. The summed E-state index contributed by atoms with van der Waals surface area (Å²) in [5.41, 5.74) is 0. The maximum absolute atomic E-state index is 4.15. The van der Waals surface area contributed by atoms with E-state index in [1.807, 2.05) is 24.0 Å². The van der Waals surface area contributed by atoms with Crippen molar-refractivity contribution in [3.8, 4) is 0 Å². The lowest BCUT2D eigenvalue weighted by Gasteiger charge is -2.08. The molecular weight excluding hydrogens is 146 g/mol. The topological polar surface area (TPSA) is 28.2 Å². The van der Waals surface area contributed by atoms with Crippen LogP contribution in [0.2, 0.25) is 0 Å². The molecule has 1 aliphatic heterocycles. The van der Waals surface area contributed by atoms with Crippen LogP contribution in [0.3, 0.4) is 0 Å². The third kappa shape index (κ3) is 0.863. The van der Waals surface area contributed by atoms with Crippen LogP contribution in [0.4, 0.5) is 5.13 Å². The molecule has 0 unspecified atom stereocenters. The van der Waals surface area contributed by atoms with Gasteiger partial charge in [-0.2, -0.15) is 0 Å². The zero-order chi connectivity index (χ0) is 6.81. The Morgan fingerprint density at radius 3 is 3.30 bits per heavy atom. The summed E-state index contributed by atoms with van der Waals surface area (Å²) < 4.78 is 0. The van der Waals surface area contributed by atoms with Gasteiger partial charge < -0.3 is 10.2 Å². The molecule has 0 spiro atoms. The van der Waals surface area contributed by atoms with Gasteiger partial charge >= 0.3 is 0 Å². The van der Waals surface area contributed by atoms with Crippen LogP contribution in [0.25, 0.3) is 0 Å². The lowest BCUT2D eigenvalue weighted by Crippen LogP contribution is -2.19. The van der Waals surface area contributed by atoms with Gasteiger partial charge in [0.1, 0.15) is 0 Å². The number of nitrogens with zero attached hydrogens (tertiary/aromatic N) is 2. The molecule has 0 radical (unpaired) electrons. The first-order valence-electron chi connectivity index (χ1n) is 3.03. The first-order chi connectivity index (χ1) is 4.97. The van der Waals surface area contributed by atoms with Gasteiger partial charge in [0, 0.05) is 24.0 Å². The summed E-state index contributed by atoms with van der Waals surface area (Å²) >= 11 is 1.64. The Kier molecular flexibility index (Phi) is 1.32. The Morgan fingerprint density at radius 2 is 2.70 bits per heavy atom. The Hall–Kier alpha value is -1.03. The summed E-state index contributed by atoms with van der Waals surface area (Å²) in [6.45, 7) is 0.841. The molecule has 0 aromatic carbocycles. The first-order valence-corrected chi connectivity index (χ1v) is 3.91. The highest BCUT2D eigenvalue weighted by atomic mass is 32.1. The molecule has 1 N–H and O–H groups in total. The summed E-state index contributed by atoms with van der Waals surface area (Å²) in [4.78, 5) is 6.21. The molecule has 1 aromatic rings. The minimum Gasteiger partial charge on any atom is -0.372 e. The highest BCUT2D eigenvalue weighted by Crippen LogP contribution is 2.17. The lowest BCUT2D eigenvalue weighted by atomic mass is 10.8. The van der Waals surface area contributed by atoms with Crippen molar-refractivity contribution in [2.75, 3.05) is 11.6 Å². The minimum atomic E-state index is 0.841. The van der Waals surface area contributed by atoms with Crippen LogP contribution in [-0.4, -0.2) is 11.7 Å². The van der Waals surface area contributed by atoms with Crippen molar-refractivity contribution in [1.82, 2.24) is 10.3 Å². The van der Waals surface area contributed by atoms with Crippen molar-refractivity contribution < 1.29 is 0 Å². The van der Waals surface area contributed by atoms with E-state index in [2.05, 4.69) is 15.2 Å². The van der Waals surface area contributed by atoms with Crippen molar-refractivity contribution in [3.05, 3.63) is 24.0 Å². The maximum Gasteiger partial charge on any atom is 0.190 e. The highest BCUT2D eigenvalue weighted by molar-refractivity contribution is 7.13. The van der Waals surface area contributed by atoms with E-state index in [4.69, 9.17) is 0 Å². The Bertz CT molecular complexity index is 229. The van der Waals surface area contributed by atoms with Gasteiger partial charge in [-0.3, -0.25) is 0 Å². The number of hydrogen-bond acceptors (Lipinski definition) is 4. The molecule has 4 heteroatoms. The molecule has 0 amide bonds. The standard InChI is InChI=1S/C6H7N3S/c1-3-9(5-7-1)6-8-2-4-10-6/h1-4,7H,5H2. The largest absolute Gasteiger partial charge is 0.372 e. The van der Waals surface area contributed by atoms with Crippen LogP contribution >= 0.6 is 11.3 Å². The quantitative estimate of drug-likeness (QED) is 0.652. The number of nitrogens with one attached hydrogen (secondary N) is 1. The van der Waals surface area contributed by atoms with Gasteiger partial charge in [0.25, 0.3) is 0 Å². The van der Waals surface area contributed by atoms with Crippen LogP contribution < -0.4 is 10.2 Å². The molecule has 0 fully saturated rings. The zero-order valence-corrected chi connectivity index (χ0v) is 6.14. The van der Waals surface area contributed by atoms with E-state index in [1.165, 1.54) is 0 Å². The molecule has 0 saturated heterocycles. The minimum absolute atomic E-state index is 0.841. The normalized spacial score (nSPS) is 15.8. The van der Waals surface area contributed by atoms with Gasteiger partial charge in [-0.25, -0.2) is 4.98 Å². The molecule has 2 heterocycles. The van der Waals surface area contributed by atoms with Gasteiger partial charge in [0.15, 0.2) is 5.13 Å². The number of anilines is 1. The van der Waals surface area contributed by atoms with Crippen molar-refractivity contribution in [1.29, 1.82) is 0 Å². The summed E-state index contributed by atoms with van der Waals surface area (Å²) in [5.74, 6) is 0. The van der Waals surface area contributed by atoms with Crippen LogP contribution in [0.1, 0.15) is 0 Å². The molecule has 1 aliphatic rings. The smallest absolute Gasteiger partial charge is 0.190 e. The lowest BCUT2D eigenvalue weighted by molar-refractivity contribution is 0.896. The second-order valence-corrected chi connectivity index (χ2v) is 2.84. The second kappa shape index (κ2) is 2.30. The fourth-order valence-electron chi connectivity index (χ4n) is 0.836. The molecule has 10 heavy (non-hydrogen) atoms. The molecule has 1 aromatic heterocycles. The first kappa shape index (κ1) is 5.73.